The van der Waals surface area contributed by atoms with Gasteiger partial charge in [-0.25, -0.2) is 13.2 Å². The lowest BCUT2D eigenvalue weighted by Gasteiger charge is -2.29. The molecular weight excluding hydrogens is 371 g/mol. The van der Waals surface area contributed by atoms with Crippen molar-refractivity contribution in [3.8, 4) is 16.9 Å². The van der Waals surface area contributed by atoms with Gasteiger partial charge >= 0.3 is 0 Å². The summed E-state index contributed by atoms with van der Waals surface area (Å²) < 4.78 is 46.7. The van der Waals surface area contributed by atoms with Crippen molar-refractivity contribution >= 4 is 0 Å². The highest BCUT2D eigenvalue weighted by Gasteiger charge is 2.41. The molecule has 0 N–H and O–H groups in total. The van der Waals surface area contributed by atoms with Crippen LogP contribution in [-0.4, -0.2) is 11.0 Å². The van der Waals surface area contributed by atoms with Crippen LogP contribution in [0.25, 0.3) is 11.1 Å². The summed E-state index contributed by atoms with van der Waals surface area (Å²) in [6, 6.07) is 14.4. The number of nitrogens with zero attached hydrogens (tertiary/aromatic N) is 1. The average molecular weight is 385 g/mol. The van der Waals surface area contributed by atoms with E-state index in [-0.39, 0.29) is 12.0 Å². The first-order valence-corrected chi connectivity index (χ1v) is 8.57. The van der Waals surface area contributed by atoms with Crippen molar-refractivity contribution in [3.63, 3.8) is 0 Å². The van der Waals surface area contributed by atoms with Gasteiger partial charge in [-0.3, -0.25) is 10.1 Å². The zero-order valence-corrected chi connectivity index (χ0v) is 14.4. The van der Waals surface area contributed by atoms with Crippen molar-refractivity contribution in [2.24, 2.45) is 0 Å². The molecule has 0 spiro atoms. The largest absolute Gasteiger partial charge is 0.478 e. The standard InChI is InChI=1S/C21H14F3NO3/c22-16-11-18(24)17(23)10-15(16)21-19(25(26)27)9-14-8-13(6-7-20(14)28-21)12-4-2-1-3-5-12/h1-8,10-11,19,21H,9H2. The zero-order valence-electron chi connectivity index (χ0n) is 14.4. The smallest absolute Gasteiger partial charge is 0.257 e. The predicted molar refractivity (Wildman–Crippen MR) is 96.0 cm³/mol. The van der Waals surface area contributed by atoms with Gasteiger partial charge in [0, 0.05) is 28.5 Å². The van der Waals surface area contributed by atoms with E-state index in [1.54, 1.807) is 18.2 Å². The fourth-order valence-electron chi connectivity index (χ4n) is 3.42. The molecule has 0 fully saturated rings. The molecule has 1 aliphatic heterocycles. The highest BCUT2D eigenvalue weighted by Crippen LogP contribution is 2.39. The van der Waals surface area contributed by atoms with E-state index in [1.165, 1.54) is 0 Å². The van der Waals surface area contributed by atoms with Crippen LogP contribution < -0.4 is 4.74 Å². The Labute approximate surface area is 158 Å². The first-order chi connectivity index (χ1) is 13.4. The summed E-state index contributed by atoms with van der Waals surface area (Å²) in [7, 11) is 0. The maximum atomic E-state index is 14.2. The van der Waals surface area contributed by atoms with Crippen LogP contribution in [0.3, 0.4) is 0 Å². The fourth-order valence-corrected chi connectivity index (χ4v) is 3.42. The lowest BCUT2D eigenvalue weighted by Crippen LogP contribution is -2.37. The summed E-state index contributed by atoms with van der Waals surface area (Å²) in [6.45, 7) is 0. The van der Waals surface area contributed by atoms with Crippen LogP contribution >= 0.6 is 0 Å². The molecule has 3 aromatic rings. The Morgan fingerprint density at radius 2 is 1.61 bits per heavy atom. The molecule has 0 saturated heterocycles. The molecule has 0 saturated carbocycles. The number of halogens is 3. The summed E-state index contributed by atoms with van der Waals surface area (Å²) in [5.74, 6) is -3.37. The summed E-state index contributed by atoms with van der Waals surface area (Å²) in [5, 5.41) is 11.6. The molecule has 3 aromatic carbocycles. The van der Waals surface area contributed by atoms with Gasteiger partial charge in [-0.05, 0) is 29.3 Å². The highest BCUT2D eigenvalue weighted by atomic mass is 19.2. The Hall–Kier alpha value is -3.35. The zero-order chi connectivity index (χ0) is 19.8. The minimum atomic E-state index is -1.36. The molecule has 2 unspecified atom stereocenters. The van der Waals surface area contributed by atoms with E-state index in [9.17, 15) is 23.3 Å². The Kier molecular flexibility index (Phi) is 4.50. The summed E-state index contributed by atoms with van der Waals surface area (Å²) in [6.07, 6.45) is -1.38. The second kappa shape index (κ2) is 6.99. The minimum Gasteiger partial charge on any atom is -0.478 e. The lowest BCUT2D eigenvalue weighted by atomic mass is 9.91. The fraction of sp³-hybridized carbons (Fsp3) is 0.143. The van der Waals surface area contributed by atoms with Gasteiger partial charge in [-0.1, -0.05) is 36.4 Å². The number of nitro groups is 1. The van der Waals surface area contributed by atoms with E-state index in [2.05, 4.69) is 0 Å². The third kappa shape index (κ3) is 3.19. The van der Waals surface area contributed by atoms with Gasteiger partial charge in [-0.2, -0.15) is 0 Å². The Morgan fingerprint density at radius 3 is 2.32 bits per heavy atom. The normalized spacial score (nSPS) is 18.2. The molecule has 1 aliphatic rings. The van der Waals surface area contributed by atoms with Crippen molar-refractivity contribution in [1.29, 1.82) is 0 Å². The summed E-state index contributed by atoms with van der Waals surface area (Å²) in [4.78, 5) is 11.0. The van der Waals surface area contributed by atoms with Gasteiger partial charge in [0.05, 0.1) is 0 Å². The maximum absolute atomic E-state index is 14.2. The predicted octanol–water partition coefficient (Wildman–Crippen LogP) is 5.09. The highest BCUT2D eigenvalue weighted by molar-refractivity contribution is 5.66. The molecule has 0 bridgehead atoms. The van der Waals surface area contributed by atoms with Crippen molar-refractivity contribution in [3.05, 3.63) is 99.4 Å². The SMILES string of the molecule is O=[N+]([O-])C1Cc2cc(-c3ccccc3)ccc2OC1c1cc(F)c(F)cc1F. The van der Waals surface area contributed by atoms with Crippen LogP contribution in [0.2, 0.25) is 0 Å². The lowest BCUT2D eigenvalue weighted by molar-refractivity contribution is -0.535. The third-order valence-electron chi connectivity index (χ3n) is 4.82. The van der Waals surface area contributed by atoms with E-state index in [0.717, 1.165) is 11.1 Å². The topological polar surface area (TPSA) is 52.4 Å². The van der Waals surface area contributed by atoms with Gasteiger partial charge in [-0.15, -0.1) is 0 Å². The molecule has 4 nitrogen and oxygen atoms in total. The van der Waals surface area contributed by atoms with Crippen LogP contribution in [0.5, 0.6) is 5.75 Å². The number of hydrogen-bond acceptors (Lipinski definition) is 3. The van der Waals surface area contributed by atoms with Gasteiger partial charge in [0.2, 0.25) is 0 Å². The molecule has 0 amide bonds. The molecule has 0 radical (unpaired) electrons. The first kappa shape index (κ1) is 18.0. The van der Waals surface area contributed by atoms with Crippen LogP contribution in [0.1, 0.15) is 17.2 Å². The van der Waals surface area contributed by atoms with Gasteiger partial charge < -0.3 is 4.74 Å². The second-order valence-corrected chi connectivity index (χ2v) is 6.57. The van der Waals surface area contributed by atoms with Crippen molar-refractivity contribution in [2.75, 3.05) is 0 Å². The van der Waals surface area contributed by atoms with E-state index in [0.29, 0.717) is 23.4 Å². The monoisotopic (exact) mass is 385 g/mol. The number of rotatable bonds is 3. The molecule has 7 heteroatoms. The number of fused-ring (bicyclic) bond motifs is 1. The number of ether oxygens (including phenoxy) is 1. The van der Waals surface area contributed by atoms with Crippen LogP contribution in [0.15, 0.2) is 60.7 Å². The van der Waals surface area contributed by atoms with Crippen LogP contribution in [-0.2, 0) is 6.42 Å². The van der Waals surface area contributed by atoms with E-state index in [4.69, 9.17) is 4.74 Å². The summed E-state index contributed by atoms with van der Waals surface area (Å²) in [5.41, 5.74) is 2.03. The molecule has 0 aromatic heterocycles. The molecule has 0 aliphatic carbocycles. The minimum absolute atomic E-state index is 0.0217. The van der Waals surface area contributed by atoms with E-state index >= 15 is 0 Å². The van der Waals surface area contributed by atoms with Gasteiger partial charge in [0.1, 0.15) is 11.6 Å². The Bertz CT molecular complexity index is 1060. The average Bonchev–Trinajstić information content (AvgIpc) is 2.70. The van der Waals surface area contributed by atoms with E-state index < -0.39 is 34.5 Å². The molecule has 142 valence electrons. The summed E-state index contributed by atoms with van der Waals surface area (Å²) >= 11 is 0. The molecule has 2 atom stereocenters. The molecular formula is C21H14F3NO3. The van der Waals surface area contributed by atoms with E-state index in [1.807, 2.05) is 30.3 Å². The van der Waals surface area contributed by atoms with Crippen LogP contribution in [0.4, 0.5) is 13.2 Å². The van der Waals surface area contributed by atoms with Crippen molar-refractivity contribution < 1.29 is 22.8 Å². The maximum Gasteiger partial charge on any atom is 0.257 e. The van der Waals surface area contributed by atoms with Crippen molar-refractivity contribution in [2.45, 2.75) is 18.6 Å². The Balaban J connectivity index is 1.75. The van der Waals surface area contributed by atoms with Crippen molar-refractivity contribution in [1.82, 2.24) is 0 Å². The number of hydrogen-bond donors (Lipinski definition) is 0. The molecule has 28 heavy (non-hydrogen) atoms. The number of benzene rings is 3. The quantitative estimate of drug-likeness (QED) is 0.358. The first-order valence-electron chi connectivity index (χ1n) is 8.57. The molecule has 4 rings (SSSR count). The Morgan fingerprint density at radius 1 is 0.893 bits per heavy atom. The van der Waals surface area contributed by atoms with Gasteiger partial charge in [0.15, 0.2) is 17.7 Å². The van der Waals surface area contributed by atoms with Gasteiger partial charge in [0.25, 0.3) is 6.04 Å². The second-order valence-electron chi connectivity index (χ2n) is 6.57. The molecule has 1 heterocycles. The van der Waals surface area contributed by atoms with Crippen LogP contribution in [0, 0.1) is 27.6 Å². The third-order valence-corrected chi connectivity index (χ3v) is 4.82.